The van der Waals surface area contributed by atoms with Crippen LogP contribution < -0.4 is 4.90 Å². The molecular formula is C24H22Cl2N2O. The second kappa shape index (κ2) is 8.48. The van der Waals surface area contributed by atoms with E-state index in [1.54, 1.807) is 0 Å². The van der Waals surface area contributed by atoms with Crippen LogP contribution in [0.2, 0.25) is 10.0 Å². The third-order valence-corrected chi connectivity index (χ3v) is 5.91. The summed E-state index contributed by atoms with van der Waals surface area (Å²) in [5.41, 5.74) is 3.93. The van der Waals surface area contributed by atoms with E-state index in [0.29, 0.717) is 30.2 Å². The highest BCUT2D eigenvalue weighted by Gasteiger charge is 2.32. The lowest BCUT2D eigenvalue weighted by atomic mass is 10.00. The van der Waals surface area contributed by atoms with Gasteiger partial charge in [0.2, 0.25) is 0 Å². The molecule has 1 fully saturated rings. The summed E-state index contributed by atoms with van der Waals surface area (Å²) in [6.07, 6.45) is 0. The second-order valence-electron chi connectivity index (χ2n) is 7.33. The molecule has 0 spiro atoms. The van der Waals surface area contributed by atoms with Gasteiger partial charge in [-0.3, -0.25) is 4.79 Å². The Labute approximate surface area is 181 Å². The van der Waals surface area contributed by atoms with E-state index in [1.807, 2.05) is 72.5 Å². The molecule has 5 heteroatoms. The van der Waals surface area contributed by atoms with Crippen LogP contribution in [0.5, 0.6) is 0 Å². The summed E-state index contributed by atoms with van der Waals surface area (Å²) >= 11 is 12.7. The summed E-state index contributed by atoms with van der Waals surface area (Å²) in [5.74, 6) is 0.0548. The first-order valence-electron chi connectivity index (χ1n) is 9.65. The van der Waals surface area contributed by atoms with E-state index >= 15 is 0 Å². The Hall–Kier alpha value is -2.49. The Bertz CT molecular complexity index is 1010. The molecule has 0 aliphatic carbocycles. The van der Waals surface area contributed by atoms with E-state index in [-0.39, 0.29) is 11.9 Å². The molecular weight excluding hydrogens is 403 g/mol. The standard InChI is InChI=1S/C24H22Cl2N2O/c1-17-7-12-22(21(26)15-17)28-14-13-27(24(29)19-5-3-2-4-6-19)16-23(28)18-8-10-20(25)11-9-18/h2-12,15,23H,13-14,16H2,1H3. The van der Waals surface area contributed by atoms with E-state index in [9.17, 15) is 4.79 Å². The van der Waals surface area contributed by atoms with Crippen molar-refractivity contribution >= 4 is 34.8 Å². The molecule has 0 saturated carbocycles. The molecule has 3 aromatic rings. The molecule has 148 valence electrons. The van der Waals surface area contributed by atoms with Gasteiger partial charge in [-0.25, -0.2) is 0 Å². The van der Waals surface area contributed by atoms with Crippen LogP contribution >= 0.6 is 23.2 Å². The van der Waals surface area contributed by atoms with E-state index in [4.69, 9.17) is 23.2 Å². The average molecular weight is 425 g/mol. The first-order chi connectivity index (χ1) is 14.0. The van der Waals surface area contributed by atoms with Gasteiger partial charge in [-0.15, -0.1) is 0 Å². The summed E-state index contributed by atoms with van der Waals surface area (Å²) in [6.45, 7) is 3.96. The zero-order valence-electron chi connectivity index (χ0n) is 16.2. The summed E-state index contributed by atoms with van der Waals surface area (Å²) in [6, 6.07) is 23.4. The summed E-state index contributed by atoms with van der Waals surface area (Å²) in [4.78, 5) is 17.3. The van der Waals surface area contributed by atoms with Crippen molar-refractivity contribution in [3.05, 3.63) is 99.5 Å². The molecule has 0 radical (unpaired) electrons. The van der Waals surface area contributed by atoms with Gasteiger partial charge in [0, 0.05) is 30.2 Å². The van der Waals surface area contributed by atoms with Gasteiger partial charge in [0.25, 0.3) is 5.91 Å². The molecule has 3 aromatic carbocycles. The topological polar surface area (TPSA) is 23.6 Å². The number of halogens is 2. The smallest absolute Gasteiger partial charge is 0.253 e. The number of carbonyl (C=O) groups excluding carboxylic acids is 1. The van der Waals surface area contributed by atoms with Crippen molar-refractivity contribution in [3.8, 4) is 0 Å². The SMILES string of the molecule is Cc1ccc(N2CCN(C(=O)c3ccccc3)CC2c2ccc(Cl)cc2)c(Cl)c1. The van der Waals surface area contributed by atoms with E-state index < -0.39 is 0 Å². The second-order valence-corrected chi connectivity index (χ2v) is 8.18. The fraction of sp³-hybridized carbons (Fsp3) is 0.208. The van der Waals surface area contributed by atoms with Gasteiger partial charge in [-0.05, 0) is 54.4 Å². The highest BCUT2D eigenvalue weighted by atomic mass is 35.5. The number of hydrogen-bond donors (Lipinski definition) is 0. The van der Waals surface area contributed by atoms with Gasteiger partial charge in [-0.2, -0.15) is 0 Å². The molecule has 1 unspecified atom stereocenters. The number of carbonyl (C=O) groups is 1. The van der Waals surface area contributed by atoms with Gasteiger partial charge in [0.1, 0.15) is 0 Å². The molecule has 3 nitrogen and oxygen atoms in total. The van der Waals surface area contributed by atoms with Crippen molar-refractivity contribution in [2.45, 2.75) is 13.0 Å². The molecule has 0 bridgehead atoms. The van der Waals surface area contributed by atoms with E-state index in [2.05, 4.69) is 17.0 Å². The van der Waals surface area contributed by atoms with Gasteiger partial charge in [0.15, 0.2) is 0 Å². The van der Waals surface area contributed by atoms with Crippen LogP contribution in [0.4, 0.5) is 5.69 Å². The Morgan fingerprint density at radius 1 is 0.931 bits per heavy atom. The molecule has 1 saturated heterocycles. The van der Waals surface area contributed by atoms with Crippen molar-refractivity contribution in [1.29, 1.82) is 0 Å². The molecule has 29 heavy (non-hydrogen) atoms. The number of piperazine rings is 1. The van der Waals surface area contributed by atoms with Crippen molar-refractivity contribution in [2.24, 2.45) is 0 Å². The fourth-order valence-electron chi connectivity index (χ4n) is 3.83. The van der Waals surface area contributed by atoms with Crippen LogP contribution in [0.25, 0.3) is 0 Å². The minimum absolute atomic E-state index is 0.00566. The zero-order valence-corrected chi connectivity index (χ0v) is 17.7. The summed E-state index contributed by atoms with van der Waals surface area (Å²) < 4.78 is 0. The van der Waals surface area contributed by atoms with Gasteiger partial charge >= 0.3 is 0 Å². The molecule has 1 atom stereocenters. The largest absolute Gasteiger partial charge is 0.360 e. The molecule has 1 aliphatic heterocycles. The number of rotatable bonds is 3. The third kappa shape index (κ3) is 4.26. The Balaban J connectivity index is 1.68. The fourth-order valence-corrected chi connectivity index (χ4v) is 4.30. The van der Waals surface area contributed by atoms with Crippen molar-refractivity contribution in [3.63, 3.8) is 0 Å². The summed E-state index contributed by atoms with van der Waals surface area (Å²) in [5, 5.41) is 1.42. The predicted octanol–water partition coefficient (Wildman–Crippen LogP) is 6.01. The van der Waals surface area contributed by atoms with E-state index in [1.165, 1.54) is 0 Å². The molecule has 1 heterocycles. The van der Waals surface area contributed by atoms with Crippen LogP contribution in [0.1, 0.15) is 27.5 Å². The van der Waals surface area contributed by atoms with Crippen molar-refractivity contribution in [1.82, 2.24) is 4.90 Å². The average Bonchev–Trinajstić information content (AvgIpc) is 2.74. The molecule has 1 aliphatic rings. The van der Waals surface area contributed by atoms with Crippen LogP contribution in [0, 0.1) is 6.92 Å². The lowest BCUT2D eigenvalue weighted by molar-refractivity contribution is 0.0722. The van der Waals surface area contributed by atoms with Gasteiger partial charge in [0.05, 0.1) is 16.8 Å². The van der Waals surface area contributed by atoms with Crippen LogP contribution in [0.3, 0.4) is 0 Å². The van der Waals surface area contributed by atoms with Gasteiger partial charge < -0.3 is 9.80 Å². The third-order valence-electron chi connectivity index (χ3n) is 5.36. The monoisotopic (exact) mass is 424 g/mol. The van der Waals surface area contributed by atoms with Crippen LogP contribution in [-0.4, -0.2) is 30.4 Å². The van der Waals surface area contributed by atoms with Crippen LogP contribution in [-0.2, 0) is 0 Å². The number of nitrogens with zero attached hydrogens (tertiary/aromatic N) is 2. The minimum atomic E-state index is -0.00566. The first kappa shape index (κ1) is 19.8. The maximum absolute atomic E-state index is 13.0. The highest BCUT2D eigenvalue weighted by Crippen LogP contribution is 2.36. The number of benzene rings is 3. The number of amides is 1. The van der Waals surface area contributed by atoms with Crippen molar-refractivity contribution < 1.29 is 4.79 Å². The predicted molar refractivity (Wildman–Crippen MR) is 120 cm³/mol. The molecule has 0 N–H and O–H groups in total. The Kier molecular flexibility index (Phi) is 5.79. The molecule has 4 rings (SSSR count). The molecule has 1 amide bonds. The maximum Gasteiger partial charge on any atom is 0.253 e. The van der Waals surface area contributed by atoms with Crippen molar-refractivity contribution in [2.75, 3.05) is 24.5 Å². The maximum atomic E-state index is 13.0. The normalized spacial score (nSPS) is 16.7. The quantitative estimate of drug-likeness (QED) is 0.514. The first-order valence-corrected chi connectivity index (χ1v) is 10.4. The zero-order chi connectivity index (χ0) is 20.4. The Morgan fingerprint density at radius 3 is 2.34 bits per heavy atom. The Morgan fingerprint density at radius 2 is 1.66 bits per heavy atom. The number of hydrogen-bond acceptors (Lipinski definition) is 2. The number of anilines is 1. The highest BCUT2D eigenvalue weighted by molar-refractivity contribution is 6.33. The lowest BCUT2D eigenvalue weighted by Crippen LogP contribution is -2.50. The lowest BCUT2D eigenvalue weighted by Gasteiger charge is -2.43. The minimum Gasteiger partial charge on any atom is -0.360 e. The summed E-state index contributed by atoms with van der Waals surface area (Å²) in [7, 11) is 0. The number of aryl methyl sites for hydroxylation is 1. The van der Waals surface area contributed by atoms with Crippen LogP contribution in [0.15, 0.2) is 72.8 Å². The van der Waals surface area contributed by atoms with E-state index in [0.717, 1.165) is 21.8 Å². The van der Waals surface area contributed by atoms with Gasteiger partial charge in [-0.1, -0.05) is 59.6 Å². The molecule has 0 aromatic heterocycles.